The molecule has 0 spiro atoms. The molecule has 0 aromatic rings. The van der Waals surface area contributed by atoms with Crippen molar-refractivity contribution in [1.82, 2.24) is 0 Å². The predicted molar refractivity (Wildman–Crippen MR) is 105 cm³/mol. The Morgan fingerprint density at radius 2 is 1.46 bits per heavy atom. The van der Waals surface area contributed by atoms with Crippen molar-refractivity contribution in [3.8, 4) is 0 Å². The number of ether oxygens (including phenoxy) is 1. The van der Waals surface area contributed by atoms with Crippen molar-refractivity contribution in [3.63, 3.8) is 0 Å². The van der Waals surface area contributed by atoms with Gasteiger partial charge in [0.15, 0.2) is 0 Å². The van der Waals surface area contributed by atoms with Gasteiger partial charge in [0, 0.05) is 0 Å². The molecular formula is C22H38O4. The van der Waals surface area contributed by atoms with E-state index < -0.39 is 17.8 Å². The van der Waals surface area contributed by atoms with Crippen molar-refractivity contribution in [3.05, 3.63) is 12.2 Å². The van der Waals surface area contributed by atoms with Crippen molar-refractivity contribution in [2.45, 2.75) is 96.8 Å². The number of allylic oxidation sites excluding steroid dienone is 2. The Bertz CT molecular complexity index is 416. The Balaban J connectivity index is 2.00. The monoisotopic (exact) mass is 366 g/mol. The zero-order valence-electron chi connectivity index (χ0n) is 16.6. The number of aliphatic carboxylic acids is 1. The molecule has 1 saturated carbocycles. The minimum atomic E-state index is -0.859. The minimum Gasteiger partial charge on any atom is -0.481 e. The number of hydrogen-bond donors (Lipinski definition) is 1. The van der Waals surface area contributed by atoms with E-state index in [0.717, 1.165) is 32.1 Å². The number of carboxylic acids is 1. The third-order valence-electron chi connectivity index (χ3n) is 5.29. The Labute approximate surface area is 159 Å². The molecule has 26 heavy (non-hydrogen) atoms. The highest BCUT2D eigenvalue weighted by molar-refractivity contribution is 5.81. The highest BCUT2D eigenvalue weighted by Crippen LogP contribution is 2.31. The molecule has 1 N–H and O–H groups in total. The first-order valence-electron chi connectivity index (χ1n) is 10.7. The zero-order valence-corrected chi connectivity index (χ0v) is 16.6. The van der Waals surface area contributed by atoms with Gasteiger partial charge in [-0.1, -0.05) is 64.0 Å². The van der Waals surface area contributed by atoms with Gasteiger partial charge in [0.2, 0.25) is 0 Å². The molecule has 0 aromatic heterocycles. The van der Waals surface area contributed by atoms with Gasteiger partial charge in [-0.3, -0.25) is 9.59 Å². The van der Waals surface area contributed by atoms with Crippen LogP contribution in [0, 0.1) is 11.8 Å². The maximum atomic E-state index is 12.1. The molecule has 0 heterocycles. The summed E-state index contributed by atoms with van der Waals surface area (Å²) < 4.78 is 5.33. The first-order valence-corrected chi connectivity index (χ1v) is 10.7. The molecule has 1 fully saturated rings. The molecule has 2 unspecified atom stereocenters. The molecule has 4 nitrogen and oxygen atoms in total. The smallest absolute Gasteiger partial charge is 0.309 e. The van der Waals surface area contributed by atoms with Gasteiger partial charge in [0.05, 0.1) is 18.4 Å². The van der Waals surface area contributed by atoms with E-state index in [-0.39, 0.29) is 5.97 Å². The van der Waals surface area contributed by atoms with Gasteiger partial charge in [-0.25, -0.2) is 0 Å². The van der Waals surface area contributed by atoms with Crippen LogP contribution in [0.3, 0.4) is 0 Å². The summed E-state index contributed by atoms with van der Waals surface area (Å²) in [4.78, 5) is 23.4. The Morgan fingerprint density at radius 3 is 2.12 bits per heavy atom. The van der Waals surface area contributed by atoms with E-state index in [0.29, 0.717) is 19.4 Å². The van der Waals surface area contributed by atoms with Crippen LogP contribution in [-0.4, -0.2) is 23.7 Å². The second-order valence-corrected chi connectivity index (χ2v) is 7.53. The summed E-state index contributed by atoms with van der Waals surface area (Å²) in [7, 11) is 0. The van der Waals surface area contributed by atoms with Crippen molar-refractivity contribution in [2.75, 3.05) is 6.61 Å². The van der Waals surface area contributed by atoms with E-state index in [4.69, 9.17) is 4.74 Å². The molecule has 0 saturated heterocycles. The van der Waals surface area contributed by atoms with Crippen LogP contribution in [-0.2, 0) is 14.3 Å². The number of carboxylic acid groups (broad SMARTS) is 1. The van der Waals surface area contributed by atoms with E-state index in [1.165, 1.54) is 44.9 Å². The molecule has 1 rings (SSSR count). The maximum Gasteiger partial charge on any atom is 0.309 e. The SMILES string of the molecule is CCCCCCCC/C=C/CCCCOC(=O)C1CCCCC1C(=O)O. The lowest BCUT2D eigenvalue weighted by molar-refractivity contribution is -0.159. The third-order valence-corrected chi connectivity index (χ3v) is 5.29. The molecule has 1 aliphatic carbocycles. The lowest BCUT2D eigenvalue weighted by Crippen LogP contribution is -2.33. The standard InChI is InChI=1S/C22H38O4/c1-2-3-4-5-6-7-8-9-10-11-12-15-18-26-22(25)20-17-14-13-16-19(20)21(23)24/h9-10,19-20H,2-8,11-18H2,1H3,(H,23,24)/b10-9+. The molecule has 150 valence electrons. The average Bonchev–Trinajstić information content (AvgIpc) is 2.65. The van der Waals surface area contributed by atoms with Crippen LogP contribution in [0.15, 0.2) is 12.2 Å². The Hall–Kier alpha value is -1.32. The van der Waals surface area contributed by atoms with Crippen molar-refractivity contribution >= 4 is 11.9 Å². The van der Waals surface area contributed by atoms with Crippen LogP contribution in [0.4, 0.5) is 0 Å². The van der Waals surface area contributed by atoms with E-state index in [1.807, 2.05) is 0 Å². The fraction of sp³-hybridized carbons (Fsp3) is 0.818. The summed E-state index contributed by atoms with van der Waals surface area (Å²) in [5.74, 6) is -2.17. The van der Waals surface area contributed by atoms with Crippen LogP contribution in [0.2, 0.25) is 0 Å². The molecule has 0 radical (unpaired) electrons. The van der Waals surface area contributed by atoms with Gasteiger partial charge >= 0.3 is 11.9 Å². The van der Waals surface area contributed by atoms with E-state index in [1.54, 1.807) is 0 Å². The van der Waals surface area contributed by atoms with Crippen molar-refractivity contribution in [2.24, 2.45) is 11.8 Å². The lowest BCUT2D eigenvalue weighted by Gasteiger charge is -2.26. The van der Waals surface area contributed by atoms with Gasteiger partial charge in [0.25, 0.3) is 0 Å². The van der Waals surface area contributed by atoms with Crippen molar-refractivity contribution in [1.29, 1.82) is 0 Å². The molecule has 0 amide bonds. The predicted octanol–water partition coefficient (Wildman–Crippen LogP) is 5.90. The van der Waals surface area contributed by atoms with E-state index >= 15 is 0 Å². The normalized spacial score (nSPS) is 20.3. The molecule has 0 aliphatic heterocycles. The highest BCUT2D eigenvalue weighted by atomic mass is 16.5. The summed E-state index contributed by atoms with van der Waals surface area (Å²) >= 11 is 0. The summed E-state index contributed by atoms with van der Waals surface area (Å²) in [6.07, 6.45) is 19.6. The van der Waals surface area contributed by atoms with Crippen LogP contribution in [0.1, 0.15) is 96.8 Å². The second kappa shape index (κ2) is 14.8. The molecule has 1 aliphatic rings. The molecule has 4 heteroatoms. The molecular weight excluding hydrogens is 328 g/mol. The summed E-state index contributed by atoms with van der Waals surface area (Å²) in [6.45, 7) is 2.65. The number of carbonyl (C=O) groups is 2. The van der Waals surface area contributed by atoms with Gasteiger partial charge in [-0.05, 0) is 44.9 Å². The number of rotatable bonds is 14. The fourth-order valence-corrected chi connectivity index (χ4v) is 3.63. The molecule has 0 aromatic carbocycles. The zero-order chi connectivity index (χ0) is 19.0. The van der Waals surface area contributed by atoms with Crippen LogP contribution in [0.5, 0.6) is 0 Å². The molecule has 0 bridgehead atoms. The quantitative estimate of drug-likeness (QED) is 0.236. The van der Waals surface area contributed by atoms with E-state index in [2.05, 4.69) is 19.1 Å². The summed E-state index contributed by atoms with van der Waals surface area (Å²) in [5.41, 5.74) is 0. The van der Waals surface area contributed by atoms with Crippen LogP contribution in [0.25, 0.3) is 0 Å². The minimum absolute atomic E-state index is 0.310. The average molecular weight is 367 g/mol. The Kier molecular flexibility index (Phi) is 12.9. The van der Waals surface area contributed by atoms with Crippen LogP contribution < -0.4 is 0 Å². The summed E-state index contributed by atoms with van der Waals surface area (Å²) in [5, 5.41) is 9.23. The lowest BCUT2D eigenvalue weighted by atomic mass is 9.79. The van der Waals surface area contributed by atoms with Gasteiger partial charge in [-0.2, -0.15) is 0 Å². The molecule has 2 atom stereocenters. The third kappa shape index (κ3) is 9.98. The van der Waals surface area contributed by atoms with Gasteiger partial charge in [0.1, 0.15) is 0 Å². The first kappa shape index (κ1) is 22.7. The van der Waals surface area contributed by atoms with Crippen molar-refractivity contribution < 1.29 is 19.4 Å². The Morgan fingerprint density at radius 1 is 0.885 bits per heavy atom. The fourth-order valence-electron chi connectivity index (χ4n) is 3.63. The number of hydrogen-bond acceptors (Lipinski definition) is 3. The maximum absolute atomic E-state index is 12.1. The highest BCUT2D eigenvalue weighted by Gasteiger charge is 2.36. The largest absolute Gasteiger partial charge is 0.481 e. The topological polar surface area (TPSA) is 63.6 Å². The number of carbonyl (C=O) groups excluding carboxylic acids is 1. The van der Waals surface area contributed by atoms with Crippen LogP contribution >= 0.6 is 0 Å². The number of esters is 1. The second-order valence-electron chi connectivity index (χ2n) is 7.53. The number of unbranched alkanes of at least 4 members (excludes halogenated alkanes) is 8. The van der Waals surface area contributed by atoms with Gasteiger partial charge in [-0.15, -0.1) is 0 Å². The van der Waals surface area contributed by atoms with E-state index in [9.17, 15) is 14.7 Å². The first-order chi connectivity index (χ1) is 12.7. The summed E-state index contributed by atoms with van der Waals surface area (Å²) in [6, 6.07) is 0. The van der Waals surface area contributed by atoms with Gasteiger partial charge < -0.3 is 9.84 Å².